The van der Waals surface area contributed by atoms with Crippen LogP contribution in [0.4, 0.5) is 0 Å². The van der Waals surface area contributed by atoms with Crippen LogP contribution in [0.25, 0.3) is 0 Å². The van der Waals surface area contributed by atoms with Crippen molar-refractivity contribution in [2.24, 2.45) is 7.05 Å². The number of rotatable bonds is 3. The van der Waals surface area contributed by atoms with Crippen molar-refractivity contribution in [2.45, 2.75) is 32.7 Å². The highest BCUT2D eigenvalue weighted by Crippen LogP contribution is 2.28. The highest BCUT2D eigenvalue weighted by Gasteiger charge is 2.39. The maximum Gasteiger partial charge on any atom is 0.332 e. The smallest absolute Gasteiger partial charge is 0.332 e. The number of amides is 1. The highest BCUT2D eigenvalue weighted by atomic mass is 16.4. The first kappa shape index (κ1) is 16.9. The molecule has 0 bridgehead atoms. The topological polar surface area (TPSA) is 108 Å². The van der Waals surface area contributed by atoms with Crippen molar-refractivity contribution in [3.63, 3.8) is 0 Å². The first-order valence-corrected chi connectivity index (χ1v) is 8.12. The van der Waals surface area contributed by atoms with Gasteiger partial charge in [-0.05, 0) is 25.0 Å². The molecule has 0 spiro atoms. The zero-order valence-electron chi connectivity index (χ0n) is 14.4. The van der Waals surface area contributed by atoms with Crippen LogP contribution in [0.15, 0.2) is 17.2 Å². The Kier molecular flexibility index (Phi) is 4.20. The Morgan fingerprint density at radius 1 is 1.44 bits per heavy atom. The van der Waals surface area contributed by atoms with Crippen LogP contribution < -0.4 is 5.56 Å². The van der Waals surface area contributed by atoms with Crippen LogP contribution in [0.2, 0.25) is 0 Å². The lowest BCUT2D eigenvalue weighted by Crippen LogP contribution is -2.45. The first-order chi connectivity index (χ1) is 11.9. The van der Waals surface area contributed by atoms with E-state index in [9.17, 15) is 19.5 Å². The summed E-state index contributed by atoms with van der Waals surface area (Å²) in [6.45, 7) is 3.99. The molecule has 1 amide bonds. The number of aromatic nitrogens is 3. The second-order valence-electron chi connectivity index (χ2n) is 6.16. The van der Waals surface area contributed by atoms with Crippen molar-refractivity contribution in [2.75, 3.05) is 6.54 Å². The van der Waals surface area contributed by atoms with Crippen LogP contribution in [0.5, 0.6) is 0 Å². The van der Waals surface area contributed by atoms with Crippen molar-refractivity contribution in [1.29, 1.82) is 0 Å². The number of hydrogen-bond acceptors (Lipinski definition) is 4. The summed E-state index contributed by atoms with van der Waals surface area (Å²) in [5, 5.41) is 9.60. The third kappa shape index (κ3) is 2.63. The summed E-state index contributed by atoms with van der Waals surface area (Å²) in [6.07, 6.45) is 2.56. The van der Waals surface area contributed by atoms with Crippen LogP contribution >= 0.6 is 0 Å². The Morgan fingerprint density at radius 3 is 2.80 bits per heavy atom. The molecular formula is C17H20N4O4. The van der Waals surface area contributed by atoms with E-state index >= 15 is 0 Å². The predicted octanol–water partition coefficient (Wildman–Crippen LogP) is 0.803. The van der Waals surface area contributed by atoms with Gasteiger partial charge in [0, 0.05) is 31.4 Å². The fraction of sp³-hybridized carbons (Fsp3) is 0.412. The lowest BCUT2D eigenvalue weighted by Gasteiger charge is -2.32. The standard InChI is InChI=1S/C17H20N4O4/c1-4-12-9(2)7-10(15(22)20(12)3)16(23)21-6-5-11-13(19-8-18-11)14(21)17(24)25/h7-8,14H,4-6H2,1-3H3,(H,18,19)(H,24,25)/t14-/m1/s1. The Bertz CT molecular complexity index is 912. The molecule has 0 radical (unpaired) electrons. The van der Waals surface area contributed by atoms with Crippen LogP contribution in [0.3, 0.4) is 0 Å². The average molecular weight is 344 g/mol. The zero-order chi connectivity index (χ0) is 18.3. The van der Waals surface area contributed by atoms with Crippen molar-refractivity contribution in [3.05, 3.63) is 51.0 Å². The molecule has 0 aliphatic carbocycles. The molecule has 0 aromatic carbocycles. The van der Waals surface area contributed by atoms with Crippen LogP contribution in [0, 0.1) is 6.92 Å². The molecule has 2 N–H and O–H groups in total. The third-order valence-electron chi connectivity index (χ3n) is 4.74. The van der Waals surface area contributed by atoms with Gasteiger partial charge in [-0.2, -0.15) is 0 Å². The number of aryl methyl sites for hydroxylation is 1. The summed E-state index contributed by atoms with van der Waals surface area (Å²) < 4.78 is 1.46. The largest absolute Gasteiger partial charge is 0.479 e. The molecule has 132 valence electrons. The molecular weight excluding hydrogens is 324 g/mol. The number of carboxylic acid groups (broad SMARTS) is 1. The fourth-order valence-electron chi connectivity index (χ4n) is 3.50. The number of carboxylic acids is 1. The van der Waals surface area contributed by atoms with E-state index in [4.69, 9.17) is 0 Å². The molecule has 25 heavy (non-hydrogen) atoms. The van der Waals surface area contributed by atoms with Gasteiger partial charge >= 0.3 is 5.97 Å². The third-order valence-corrected chi connectivity index (χ3v) is 4.74. The Labute approximate surface area is 144 Å². The maximum absolute atomic E-state index is 13.0. The summed E-state index contributed by atoms with van der Waals surface area (Å²) >= 11 is 0. The molecule has 0 fully saturated rings. The van der Waals surface area contributed by atoms with Crippen molar-refractivity contribution >= 4 is 11.9 Å². The number of H-pyrrole nitrogens is 1. The van der Waals surface area contributed by atoms with Gasteiger partial charge in [0.2, 0.25) is 0 Å². The van der Waals surface area contributed by atoms with Crippen molar-refractivity contribution in [1.82, 2.24) is 19.4 Å². The summed E-state index contributed by atoms with van der Waals surface area (Å²) in [7, 11) is 1.63. The molecule has 2 aromatic heterocycles. The summed E-state index contributed by atoms with van der Waals surface area (Å²) in [6, 6.07) is 0.362. The van der Waals surface area contributed by atoms with E-state index in [0.29, 0.717) is 24.2 Å². The molecule has 0 saturated carbocycles. The minimum absolute atomic E-state index is 0.0116. The van der Waals surface area contributed by atoms with Crippen LogP contribution in [-0.2, 0) is 24.7 Å². The zero-order valence-corrected chi connectivity index (χ0v) is 14.4. The fourth-order valence-corrected chi connectivity index (χ4v) is 3.50. The van der Waals surface area contributed by atoms with E-state index in [1.54, 1.807) is 13.1 Å². The molecule has 1 atom stereocenters. The van der Waals surface area contributed by atoms with E-state index in [-0.39, 0.29) is 12.1 Å². The van der Waals surface area contributed by atoms with Crippen molar-refractivity contribution in [3.8, 4) is 0 Å². The van der Waals surface area contributed by atoms with E-state index < -0.39 is 23.5 Å². The minimum Gasteiger partial charge on any atom is -0.479 e. The lowest BCUT2D eigenvalue weighted by atomic mass is 10.0. The molecule has 8 heteroatoms. The van der Waals surface area contributed by atoms with Crippen molar-refractivity contribution < 1.29 is 14.7 Å². The number of carbonyl (C=O) groups is 2. The van der Waals surface area contributed by atoms with Gasteiger partial charge in [-0.3, -0.25) is 9.59 Å². The number of imidazole rings is 1. The Balaban J connectivity index is 2.07. The van der Waals surface area contributed by atoms with Gasteiger partial charge in [0.15, 0.2) is 6.04 Å². The van der Waals surface area contributed by atoms with E-state index in [1.165, 1.54) is 15.8 Å². The van der Waals surface area contributed by atoms with Crippen LogP contribution in [0.1, 0.15) is 46.0 Å². The van der Waals surface area contributed by atoms with E-state index in [0.717, 1.165) is 11.3 Å². The Morgan fingerprint density at radius 2 is 2.16 bits per heavy atom. The molecule has 0 unspecified atom stereocenters. The second-order valence-corrected chi connectivity index (χ2v) is 6.16. The summed E-state index contributed by atoms with van der Waals surface area (Å²) in [5.41, 5.74) is 2.29. The van der Waals surface area contributed by atoms with Gasteiger partial charge in [0.25, 0.3) is 11.5 Å². The van der Waals surface area contributed by atoms with Gasteiger partial charge in [-0.1, -0.05) is 6.92 Å². The number of nitrogens with one attached hydrogen (secondary N) is 1. The SMILES string of the molecule is CCc1c(C)cc(C(=O)N2CCc3[nH]cnc3[C@@H]2C(=O)O)c(=O)n1C. The lowest BCUT2D eigenvalue weighted by molar-refractivity contribution is -0.143. The first-order valence-electron chi connectivity index (χ1n) is 8.12. The quantitative estimate of drug-likeness (QED) is 0.856. The van der Waals surface area contributed by atoms with Gasteiger partial charge in [-0.15, -0.1) is 0 Å². The minimum atomic E-state index is -1.20. The molecule has 1 aliphatic heterocycles. The number of aromatic amines is 1. The predicted molar refractivity (Wildman–Crippen MR) is 89.5 cm³/mol. The van der Waals surface area contributed by atoms with Gasteiger partial charge < -0.3 is 19.6 Å². The highest BCUT2D eigenvalue weighted by molar-refractivity contribution is 5.97. The number of fused-ring (bicyclic) bond motifs is 1. The number of carbonyl (C=O) groups excluding carboxylic acids is 1. The molecule has 0 saturated heterocycles. The molecule has 2 aromatic rings. The molecule has 3 rings (SSSR count). The number of nitrogens with zero attached hydrogens (tertiary/aromatic N) is 3. The molecule has 3 heterocycles. The maximum atomic E-state index is 13.0. The van der Waals surface area contributed by atoms with Gasteiger partial charge in [0.1, 0.15) is 5.56 Å². The monoisotopic (exact) mass is 344 g/mol. The van der Waals surface area contributed by atoms with Gasteiger partial charge in [0.05, 0.1) is 12.0 Å². The number of pyridine rings is 1. The van der Waals surface area contributed by atoms with E-state index in [2.05, 4.69) is 9.97 Å². The average Bonchev–Trinajstić information content (AvgIpc) is 3.05. The van der Waals surface area contributed by atoms with Gasteiger partial charge in [-0.25, -0.2) is 9.78 Å². The van der Waals surface area contributed by atoms with E-state index in [1.807, 2.05) is 13.8 Å². The summed E-state index contributed by atoms with van der Waals surface area (Å²) in [4.78, 5) is 45.5. The number of hydrogen-bond donors (Lipinski definition) is 2. The number of aliphatic carboxylic acids is 1. The second kappa shape index (κ2) is 6.19. The normalized spacial score (nSPS) is 16.6. The van der Waals surface area contributed by atoms with Crippen LogP contribution in [-0.4, -0.2) is 43.0 Å². The molecule has 1 aliphatic rings. The Hall–Kier alpha value is -2.90. The molecule has 8 nitrogen and oxygen atoms in total. The summed E-state index contributed by atoms with van der Waals surface area (Å²) in [5.74, 6) is -1.74.